The van der Waals surface area contributed by atoms with Gasteiger partial charge in [-0.1, -0.05) is 30.3 Å². The van der Waals surface area contributed by atoms with Crippen molar-refractivity contribution in [2.75, 3.05) is 13.1 Å². The Balaban J connectivity index is 1.60. The molecule has 0 amide bonds. The lowest BCUT2D eigenvalue weighted by Gasteiger charge is -2.22. The zero-order chi connectivity index (χ0) is 24.4. The smallest absolute Gasteiger partial charge is 0.332 e. The highest BCUT2D eigenvalue weighted by atomic mass is 16.3. The molecule has 0 saturated heterocycles. The highest BCUT2D eigenvalue weighted by Crippen LogP contribution is 2.25. The van der Waals surface area contributed by atoms with Gasteiger partial charge in [-0.2, -0.15) is 0 Å². The van der Waals surface area contributed by atoms with E-state index in [4.69, 9.17) is 0 Å². The third-order valence-corrected chi connectivity index (χ3v) is 5.79. The first-order valence-electron chi connectivity index (χ1n) is 10.7. The Labute approximate surface area is 194 Å². The minimum Gasteiger partial charge on any atom is -0.504 e. The van der Waals surface area contributed by atoms with Gasteiger partial charge in [0.2, 0.25) is 0 Å². The van der Waals surface area contributed by atoms with Crippen LogP contribution in [0.2, 0.25) is 0 Å². The van der Waals surface area contributed by atoms with Crippen LogP contribution in [0.15, 0.2) is 64.4 Å². The number of Topliss-reactive ketones (excluding diaryl/α,β-unsaturated/α-hetero) is 1. The van der Waals surface area contributed by atoms with E-state index < -0.39 is 11.2 Å². The molecule has 0 atom stereocenters. The van der Waals surface area contributed by atoms with E-state index >= 15 is 0 Å². The average Bonchev–Trinajstić information content (AvgIpc) is 3.26. The number of phenols is 2. The third kappa shape index (κ3) is 4.48. The molecule has 0 bridgehead atoms. The van der Waals surface area contributed by atoms with E-state index in [0.29, 0.717) is 30.8 Å². The molecule has 0 aliphatic heterocycles. The number of hydrogen-bond acceptors (Lipinski definition) is 7. The summed E-state index contributed by atoms with van der Waals surface area (Å²) >= 11 is 0. The molecule has 176 valence electrons. The quantitative estimate of drug-likeness (QED) is 0.298. The minimum absolute atomic E-state index is 0.0578. The first kappa shape index (κ1) is 23.0. The summed E-state index contributed by atoms with van der Waals surface area (Å²) in [6.07, 6.45) is 1.52. The van der Waals surface area contributed by atoms with Crippen molar-refractivity contribution in [2.24, 2.45) is 14.1 Å². The predicted octanol–water partition coefficient (Wildman–Crippen LogP) is 1.23. The van der Waals surface area contributed by atoms with Gasteiger partial charge >= 0.3 is 5.69 Å². The lowest BCUT2D eigenvalue weighted by Crippen LogP contribution is -2.38. The van der Waals surface area contributed by atoms with Crippen LogP contribution in [0.25, 0.3) is 11.2 Å². The van der Waals surface area contributed by atoms with Crippen LogP contribution >= 0.6 is 0 Å². The maximum Gasteiger partial charge on any atom is 0.332 e. The molecular weight excluding hydrogens is 438 g/mol. The molecule has 0 spiro atoms. The molecule has 0 unspecified atom stereocenters. The number of carbonyl (C=O) groups excluding carboxylic acids is 1. The van der Waals surface area contributed by atoms with Crippen molar-refractivity contribution in [2.45, 2.75) is 13.1 Å². The van der Waals surface area contributed by atoms with E-state index in [1.54, 1.807) is 11.6 Å². The van der Waals surface area contributed by atoms with Gasteiger partial charge in [-0.05, 0) is 23.8 Å². The normalized spacial score (nSPS) is 11.4. The monoisotopic (exact) mass is 463 g/mol. The van der Waals surface area contributed by atoms with Crippen molar-refractivity contribution in [3.63, 3.8) is 0 Å². The van der Waals surface area contributed by atoms with Gasteiger partial charge in [0.25, 0.3) is 5.56 Å². The van der Waals surface area contributed by atoms with Crippen molar-refractivity contribution in [3.05, 3.63) is 86.8 Å². The number of benzene rings is 2. The van der Waals surface area contributed by atoms with E-state index in [-0.39, 0.29) is 29.4 Å². The molecule has 2 heterocycles. The summed E-state index contributed by atoms with van der Waals surface area (Å²) < 4.78 is 4.06. The van der Waals surface area contributed by atoms with Crippen LogP contribution in [0.3, 0.4) is 0 Å². The molecule has 4 rings (SSSR count). The first-order valence-corrected chi connectivity index (χ1v) is 10.7. The van der Waals surface area contributed by atoms with Crippen LogP contribution in [0, 0.1) is 0 Å². The van der Waals surface area contributed by atoms with Gasteiger partial charge in [0, 0.05) is 39.3 Å². The maximum absolute atomic E-state index is 12.9. The van der Waals surface area contributed by atoms with Crippen LogP contribution in [-0.4, -0.2) is 52.7 Å². The average molecular weight is 463 g/mol. The van der Waals surface area contributed by atoms with E-state index in [1.165, 1.54) is 36.1 Å². The standard InChI is InChI=1S/C24H25N5O5/c1-26-22-21(23(33)27(2)24(26)34)29(15-25-22)11-10-28(13-16-6-4-3-5-7-16)14-20(32)17-8-9-18(30)19(31)12-17/h3-9,12,15,30-31H,10-11,13-14H2,1-2H3. The van der Waals surface area contributed by atoms with Gasteiger partial charge in [-0.3, -0.25) is 23.6 Å². The molecule has 34 heavy (non-hydrogen) atoms. The second kappa shape index (κ2) is 9.36. The van der Waals surface area contributed by atoms with Gasteiger partial charge in [-0.25, -0.2) is 9.78 Å². The number of aromatic nitrogens is 4. The molecule has 0 fully saturated rings. The van der Waals surface area contributed by atoms with Crippen molar-refractivity contribution in [1.82, 2.24) is 23.6 Å². The number of carbonyl (C=O) groups is 1. The number of phenolic OH excluding ortho intramolecular Hbond substituents is 2. The van der Waals surface area contributed by atoms with Crippen molar-refractivity contribution in [1.29, 1.82) is 0 Å². The molecule has 10 nitrogen and oxygen atoms in total. The molecule has 4 aromatic rings. The number of aryl methyl sites for hydroxylation is 1. The maximum atomic E-state index is 12.9. The first-order chi connectivity index (χ1) is 16.3. The summed E-state index contributed by atoms with van der Waals surface area (Å²) in [6, 6.07) is 13.7. The van der Waals surface area contributed by atoms with Crippen molar-refractivity contribution < 1.29 is 15.0 Å². The lowest BCUT2D eigenvalue weighted by molar-refractivity contribution is 0.0922. The fraction of sp³-hybridized carbons (Fsp3) is 0.250. The molecule has 2 aromatic heterocycles. The van der Waals surface area contributed by atoms with Crippen molar-refractivity contribution in [3.8, 4) is 11.5 Å². The fourth-order valence-corrected chi connectivity index (χ4v) is 3.86. The van der Waals surface area contributed by atoms with E-state index in [0.717, 1.165) is 10.1 Å². The summed E-state index contributed by atoms with van der Waals surface area (Å²) in [7, 11) is 2.99. The van der Waals surface area contributed by atoms with Gasteiger partial charge < -0.3 is 14.8 Å². The number of aromatic hydroxyl groups is 2. The van der Waals surface area contributed by atoms with Crippen molar-refractivity contribution >= 4 is 16.9 Å². The second-order valence-electron chi connectivity index (χ2n) is 8.14. The Morgan fingerprint density at radius 2 is 1.74 bits per heavy atom. The second-order valence-corrected chi connectivity index (χ2v) is 8.14. The molecular formula is C24H25N5O5. The summed E-state index contributed by atoms with van der Waals surface area (Å²) in [5, 5.41) is 19.3. The number of fused-ring (bicyclic) bond motifs is 1. The van der Waals surface area contributed by atoms with Gasteiger partial charge in [0.05, 0.1) is 12.9 Å². The lowest BCUT2D eigenvalue weighted by atomic mass is 10.1. The Bertz CT molecular complexity index is 1470. The summed E-state index contributed by atoms with van der Waals surface area (Å²) in [5.74, 6) is -0.868. The highest BCUT2D eigenvalue weighted by Gasteiger charge is 2.18. The SMILES string of the molecule is Cn1c(=O)c2c(ncn2CCN(CC(=O)c2ccc(O)c(O)c2)Cc2ccccc2)n(C)c1=O. The van der Waals surface area contributed by atoms with Gasteiger partial charge in [0.1, 0.15) is 0 Å². The molecule has 2 N–H and O–H groups in total. The Morgan fingerprint density at radius 3 is 2.44 bits per heavy atom. The molecule has 2 aromatic carbocycles. The largest absolute Gasteiger partial charge is 0.504 e. The minimum atomic E-state index is -0.448. The molecule has 10 heteroatoms. The topological polar surface area (TPSA) is 123 Å². The molecule has 0 radical (unpaired) electrons. The van der Waals surface area contributed by atoms with Gasteiger partial charge in [-0.15, -0.1) is 0 Å². The highest BCUT2D eigenvalue weighted by molar-refractivity contribution is 5.98. The molecule has 0 saturated carbocycles. The third-order valence-electron chi connectivity index (χ3n) is 5.79. The van der Waals surface area contributed by atoms with Crippen LogP contribution in [0.5, 0.6) is 11.5 Å². The molecule has 0 aliphatic rings. The fourth-order valence-electron chi connectivity index (χ4n) is 3.86. The Morgan fingerprint density at radius 1 is 1.00 bits per heavy atom. The van der Waals surface area contributed by atoms with Crippen LogP contribution in [0.1, 0.15) is 15.9 Å². The Hall–Kier alpha value is -4.18. The number of nitrogens with zero attached hydrogens (tertiary/aromatic N) is 5. The summed E-state index contributed by atoms with van der Waals surface area (Å²) in [6.45, 7) is 1.33. The van der Waals surface area contributed by atoms with E-state index in [2.05, 4.69) is 4.98 Å². The number of hydrogen-bond donors (Lipinski definition) is 2. The zero-order valence-corrected chi connectivity index (χ0v) is 18.9. The van der Waals surface area contributed by atoms with Gasteiger partial charge in [0.15, 0.2) is 28.4 Å². The zero-order valence-electron chi connectivity index (χ0n) is 18.9. The van der Waals surface area contributed by atoms with Crippen LogP contribution in [-0.2, 0) is 27.2 Å². The molecule has 0 aliphatic carbocycles. The number of imidazole rings is 1. The predicted molar refractivity (Wildman–Crippen MR) is 126 cm³/mol. The number of rotatable bonds is 8. The summed E-state index contributed by atoms with van der Waals surface area (Å²) in [5.41, 5.74) is 1.04. The Kier molecular flexibility index (Phi) is 6.33. The summed E-state index contributed by atoms with van der Waals surface area (Å²) in [4.78, 5) is 44.0. The van der Waals surface area contributed by atoms with Crippen LogP contribution < -0.4 is 11.2 Å². The van der Waals surface area contributed by atoms with E-state index in [1.807, 2.05) is 35.2 Å². The van der Waals surface area contributed by atoms with Crippen LogP contribution in [0.4, 0.5) is 0 Å². The number of ketones is 1. The van der Waals surface area contributed by atoms with E-state index in [9.17, 15) is 24.6 Å².